The van der Waals surface area contributed by atoms with Crippen LogP contribution in [0.2, 0.25) is 0 Å². The van der Waals surface area contributed by atoms with E-state index in [9.17, 15) is 14.4 Å². The van der Waals surface area contributed by atoms with Crippen LogP contribution in [0.1, 0.15) is 36.2 Å². The molecule has 140 valence electrons. The van der Waals surface area contributed by atoms with E-state index in [4.69, 9.17) is 4.74 Å². The second-order valence-electron chi connectivity index (χ2n) is 6.29. The summed E-state index contributed by atoms with van der Waals surface area (Å²) >= 11 is 0. The highest BCUT2D eigenvalue weighted by molar-refractivity contribution is 6.23. The van der Waals surface area contributed by atoms with Gasteiger partial charge in [-0.15, -0.1) is 0 Å². The smallest absolute Gasteiger partial charge is 0.338 e. The molecule has 0 aliphatic carbocycles. The third-order valence-electron chi connectivity index (χ3n) is 4.49. The van der Waals surface area contributed by atoms with E-state index >= 15 is 0 Å². The van der Waals surface area contributed by atoms with Crippen molar-refractivity contribution in [2.24, 2.45) is 0 Å². The summed E-state index contributed by atoms with van der Waals surface area (Å²) in [5.41, 5.74) is 2.84. The topological polar surface area (TPSA) is 75.7 Å². The van der Waals surface area contributed by atoms with E-state index in [-0.39, 0.29) is 24.8 Å². The van der Waals surface area contributed by atoms with Crippen LogP contribution >= 0.6 is 0 Å². The van der Waals surface area contributed by atoms with Gasteiger partial charge in [0.05, 0.1) is 24.3 Å². The van der Waals surface area contributed by atoms with E-state index in [1.54, 1.807) is 31.2 Å². The van der Waals surface area contributed by atoms with Crippen LogP contribution in [0.15, 0.2) is 48.5 Å². The molecule has 6 nitrogen and oxygen atoms in total. The average molecular weight is 366 g/mol. The normalized spacial score (nSPS) is 16.5. The van der Waals surface area contributed by atoms with E-state index in [2.05, 4.69) is 12.2 Å². The number of carbonyl (C=O) groups is 3. The molecular formula is C21H22N2O4. The fraction of sp³-hybridized carbons (Fsp3) is 0.286. The van der Waals surface area contributed by atoms with E-state index in [1.165, 1.54) is 5.56 Å². The third kappa shape index (κ3) is 4.00. The lowest BCUT2D eigenvalue weighted by molar-refractivity contribution is -0.121. The van der Waals surface area contributed by atoms with Gasteiger partial charge in [-0.3, -0.25) is 9.59 Å². The van der Waals surface area contributed by atoms with E-state index < -0.39 is 12.0 Å². The molecule has 1 aliphatic rings. The molecule has 2 aromatic carbocycles. The molecule has 0 aromatic heterocycles. The number of benzene rings is 2. The van der Waals surface area contributed by atoms with Crippen molar-refractivity contribution in [2.45, 2.75) is 32.7 Å². The van der Waals surface area contributed by atoms with Gasteiger partial charge in [-0.2, -0.15) is 0 Å². The number of aryl methyl sites for hydroxylation is 1. The van der Waals surface area contributed by atoms with Gasteiger partial charge in [0.15, 0.2) is 0 Å². The first-order valence-electron chi connectivity index (χ1n) is 9.03. The molecule has 2 amide bonds. The Morgan fingerprint density at radius 3 is 2.33 bits per heavy atom. The number of hydrogen-bond acceptors (Lipinski definition) is 5. The van der Waals surface area contributed by atoms with Crippen molar-refractivity contribution in [2.75, 3.05) is 16.8 Å². The molecule has 0 spiro atoms. The minimum Gasteiger partial charge on any atom is -0.462 e. The fourth-order valence-electron chi connectivity index (χ4n) is 3.01. The van der Waals surface area contributed by atoms with E-state index in [0.29, 0.717) is 11.3 Å². The minimum atomic E-state index is -0.602. The Morgan fingerprint density at radius 2 is 1.74 bits per heavy atom. The van der Waals surface area contributed by atoms with Crippen molar-refractivity contribution in [3.63, 3.8) is 0 Å². The van der Waals surface area contributed by atoms with E-state index in [0.717, 1.165) is 17.0 Å². The summed E-state index contributed by atoms with van der Waals surface area (Å²) in [6.07, 6.45) is 1.03. The predicted molar refractivity (Wildman–Crippen MR) is 103 cm³/mol. The van der Waals surface area contributed by atoms with Crippen molar-refractivity contribution in [1.82, 2.24) is 0 Å². The van der Waals surface area contributed by atoms with Gasteiger partial charge in [0.2, 0.25) is 5.91 Å². The van der Waals surface area contributed by atoms with Gasteiger partial charge in [0.1, 0.15) is 6.04 Å². The number of nitrogens with one attached hydrogen (secondary N) is 1. The number of anilines is 2. The van der Waals surface area contributed by atoms with Crippen LogP contribution in [-0.4, -0.2) is 30.4 Å². The Kier molecular flexibility index (Phi) is 5.54. The molecule has 1 aliphatic heterocycles. The largest absolute Gasteiger partial charge is 0.462 e. The first kappa shape index (κ1) is 18.6. The highest BCUT2D eigenvalue weighted by Crippen LogP contribution is 2.25. The Morgan fingerprint density at radius 1 is 1.07 bits per heavy atom. The summed E-state index contributed by atoms with van der Waals surface area (Å²) < 4.78 is 4.94. The zero-order valence-electron chi connectivity index (χ0n) is 15.4. The zero-order valence-corrected chi connectivity index (χ0v) is 15.4. The maximum Gasteiger partial charge on any atom is 0.338 e. The number of nitrogens with zero attached hydrogens (tertiary/aromatic N) is 1. The van der Waals surface area contributed by atoms with Gasteiger partial charge in [0, 0.05) is 5.69 Å². The Hall–Kier alpha value is -3.15. The second kappa shape index (κ2) is 8.03. The average Bonchev–Trinajstić information content (AvgIpc) is 2.96. The molecule has 1 atom stereocenters. The zero-order chi connectivity index (χ0) is 19.4. The van der Waals surface area contributed by atoms with Crippen molar-refractivity contribution < 1.29 is 19.1 Å². The highest BCUT2D eigenvalue weighted by Gasteiger charge is 2.39. The van der Waals surface area contributed by atoms with Crippen LogP contribution < -0.4 is 10.2 Å². The molecule has 0 unspecified atom stereocenters. The third-order valence-corrected chi connectivity index (χ3v) is 4.49. The van der Waals surface area contributed by atoms with Crippen molar-refractivity contribution in [1.29, 1.82) is 0 Å². The lowest BCUT2D eigenvalue weighted by Gasteiger charge is -2.16. The maximum absolute atomic E-state index is 12.7. The Bertz CT molecular complexity index is 843. The molecule has 1 N–H and O–H groups in total. The molecule has 1 heterocycles. The number of amides is 2. The summed E-state index contributed by atoms with van der Waals surface area (Å²) in [6.45, 7) is 4.10. The highest BCUT2D eigenvalue weighted by atomic mass is 16.5. The van der Waals surface area contributed by atoms with Crippen LogP contribution in [0.25, 0.3) is 0 Å². The number of esters is 1. The molecule has 0 saturated carbocycles. The van der Waals surface area contributed by atoms with Gasteiger partial charge in [-0.1, -0.05) is 19.1 Å². The van der Waals surface area contributed by atoms with Gasteiger partial charge >= 0.3 is 5.97 Å². The van der Waals surface area contributed by atoms with Gasteiger partial charge in [-0.25, -0.2) is 9.69 Å². The molecule has 0 bridgehead atoms. The van der Waals surface area contributed by atoms with Crippen LogP contribution in [0.3, 0.4) is 0 Å². The van der Waals surface area contributed by atoms with Crippen LogP contribution in [-0.2, 0) is 20.7 Å². The van der Waals surface area contributed by atoms with Crippen molar-refractivity contribution in [3.05, 3.63) is 59.7 Å². The van der Waals surface area contributed by atoms with E-state index in [1.807, 2.05) is 24.3 Å². The molecule has 3 rings (SSSR count). The van der Waals surface area contributed by atoms with Crippen molar-refractivity contribution in [3.8, 4) is 0 Å². The molecule has 0 radical (unpaired) electrons. The molecular weight excluding hydrogens is 344 g/mol. The number of rotatable bonds is 6. The fourth-order valence-corrected chi connectivity index (χ4v) is 3.01. The quantitative estimate of drug-likeness (QED) is 0.628. The summed E-state index contributed by atoms with van der Waals surface area (Å²) in [7, 11) is 0. The summed E-state index contributed by atoms with van der Waals surface area (Å²) in [5.74, 6) is -1.01. The number of hydrogen-bond donors (Lipinski definition) is 1. The molecule has 2 aromatic rings. The standard InChI is InChI=1S/C21H22N2O4/c1-3-14-5-9-16(10-6-14)22-18-13-19(24)23(20(18)25)17-11-7-15(8-12-17)21(26)27-4-2/h5-12,18,22H,3-4,13H2,1-2H3/t18-/m1/s1. The Balaban J connectivity index is 1.72. The first-order chi connectivity index (χ1) is 13.0. The lowest BCUT2D eigenvalue weighted by atomic mass is 10.1. The number of imide groups is 1. The molecule has 1 saturated heterocycles. The molecule has 27 heavy (non-hydrogen) atoms. The molecule has 1 fully saturated rings. The van der Waals surface area contributed by atoms with Gasteiger partial charge < -0.3 is 10.1 Å². The van der Waals surface area contributed by atoms with Crippen molar-refractivity contribution >= 4 is 29.2 Å². The molecule has 6 heteroatoms. The monoisotopic (exact) mass is 366 g/mol. The number of carbonyl (C=O) groups excluding carboxylic acids is 3. The van der Waals surface area contributed by atoms with Crippen LogP contribution in [0, 0.1) is 0 Å². The second-order valence-corrected chi connectivity index (χ2v) is 6.29. The van der Waals surface area contributed by atoms with Gasteiger partial charge in [0.25, 0.3) is 5.91 Å². The van der Waals surface area contributed by atoms with Crippen LogP contribution in [0.4, 0.5) is 11.4 Å². The summed E-state index contributed by atoms with van der Waals surface area (Å²) in [5, 5.41) is 3.13. The predicted octanol–water partition coefficient (Wildman–Crippen LogP) is 3.17. The van der Waals surface area contributed by atoms with Crippen LogP contribution in [0.5, 0.6) is 0 Å². The summed E-state index contributed by atoms with van der Waals surface area (Å²) in [6, 6.07) is 13.5. The first-order valence-corrected chi connectivity index (χ1v) is 9.03. The minimum absolute atomic E-state index is 0.0913. The lowest BCUT2D eigenvalue weighted by Crippen LogP contribution is -2.34. The SMILES string of the molecule is CCOC(=O)c1ccc(N2C(=O)C[C@@H](Nc3ccc(CC)cc3)C2=O)cc1. The number of ether oxygens (including phenoxy) is 1. The Labute approximate surface area is 158 Å². The maximum atomic E-state index is 12.7. The van der Waals surface area contributed by atoms with Gasteiger partial charge in [-0.05, 0) is 55.3 Å². The summed E-state index contributed by atoms with van der Waals surface area (Å²) in [4.78, 5) is 38.0.